The zero-order valence-corrected chi connectivity index (χ0v) is 19.3. The Morgan fingerprint density at radius 2 is 1.76 bits per heavy atom. The number of amides is 1. The van der Waals surface area contributed by atoms with E-state index in [0.29, 0.717) is 10.8 Å². The number of hydrogen-bond donors (Lipinski definition) is 1. The van der Waals surface area contributed by atoms with Gasteiger partial charge in [0, 0.05) is 11.6 Å². The predicted octanol–water partition coefficient (Wildman–Crippen LogP) is 4.89. The molecule has 0 bridgehead atoms. The summed E-state index contributed by atoms with van der Waals surface area (Å²) in [6, 6.07) is 5.39. The average Bonchev–Trinajstić information content (AvgIpc) is 2.77. The second-order valence-electron chi connectivity index (χ2n) is 9.09. The van der Waals surface area contributed by atoms with Crippen LogP contribution in [0.25, 0.3) is 6.08 Å². The van der Waals surface area contributed by atoms with Crippen LogP contribution in [0.5, 0.6) is 5.75 Å². The van der Waals surface area contributed by atoms with Gasteiger partial charge in [-0.1, -0.05) is 17.7 Å². The average molecular weight is 424 g/mol. The third-order valence-corrected chi connectivity index (χ3v) is 5.09. The van der Waals surface area contributed by atoms with Gasteiger partial charge in [0.25, 0.3) is 0 Å². The Labute approximate surface area is 179 Å². The normalized spacial score (nSPS) is 18.5. The molecule has 0 radical (unpaired) electrons. The number of rotatable bonds is 5. The SMILES string of the molecule is COc1cc(Cl)cc(C=C(CNC(=O)OC(C)(C)C)B2OC(C)(C)C(C)(C)O2)c1. The summed E-state index contributed by atoms with van der Waals surface area (Å²) in [7, 11) is 0.957. The second-order valence-corrected chi connectivity index (χ2v) is 9.52. The molecule has 0 saturated carbocycles. The maximum absolute atomic E-state index is 12.2. The first-order chi connectivity index (χ1) is 13.2. The zero-order chi connectivity index (χ0) is 22.0. The van der Waals surface area contributed by atoms with E-state index in [1.54, 1.807) is 13.2 Å². The van der Waals surface area contributed by atoms with Crippen molar-refractivity contribution in [1.29, 1.82) is 0 Å². The highest BCUT2D eigenvalue weighted by Crippen LogP contribution is 2.39. The molecule has 1 aliphatic rings. The fraction of sp³-hybridized carbons (Fsp3) is 0.571. The summed E-state index contributed by atoms with van der Waals surface area (Å²) in [6.07, 6.45) is 1.37. The molecule has 0 spiro atoms. The van der Waals surface area contributed by atoms with Gasteiger partial charge in [-0.25, -0.2) is 4.79 Å². The highest BCUT2D eigenvalue weighted by atomic mass is 35.5. The van der Waals surface area contributed by atoms with Crippen LogP contribution in [0.1, 0.15) is 54.0 Å². The van der Waals surface area contributed by atoms with E-state index >= 15 is 0 Å². The Hall–Kier alpha value is -1.70. The highest BCUT2D eigenvalue weighted by molar-refractivity contribution is 6.56. The number of hydrogen-bond acceptors (Lipinski definition) is 5. The van der Waals surface area contributed by atoms with Crippen molar-refractivity contribution >= 4 is 30.9 Å². The third kappa shape index (κ3) is 6.39. The lowest BCUT2D eigenvalue weighted by Crippen LogP contribution is -2.41. The Kier molecular flexibility index (Phi) is 6.98. The van der Waals surface area contributed by atoms with Crippen LogP contribution in [0.2, 0.25) is 5.02 Å². The van der Waals surface area contributed by atoms with Crippen molar-refractivity contribution in [3.8, 4) is 5.75 Å². The highest BCUT2D eigenvalue weighted by Gasteiger charge is 2.52. The van der Waals surface area contributed by atoms with E-state index in [2.05, 4.69) is 5.32 Å². The van der Waals surface area contributed by atoms with E-state index in [1.807, 2.05) is 66.7 Å². The third-order valence-electron chi connectivity index (χ3n) is 4.87. The van der Waals surface area contributed by atoms with Crippen LogP contribution in [0, 0.1) is 0 Å². The van der Waals surface area contributed by atoms with Crippen molar-refractivity contribution in [2.24, 2.45) is 0 Å². The van der Waals surface area contributed by atoms with Crippen molar-refractivity contribution in [2.75, 3.05) is 13.7 Å². The van der Waals surface area contributed by atoms with Gasteiger partial charge < -0.3 is 24.1 Å². The second kappa shape index (κ2) is 8.58. The van der Waals surface area contributed by atoms with Gasteiger partial charge in [-0.3, -0.25) is 0 Å². The minimum Gasteiger partial charge on any atom is -0.497 e. The number of halogens is 1. The summed E-state index contributed by atoms with van der Waals surface area (Å²) in [4.78, 5) is 12.2. The molecule has 1 N–H and O–H groups in total. The molecule has 6 nitrogen and oxygen atoms in total. The van der Waals surface area contributed by atoms with Gasteiger partial charge in [0.1, 0.15) is 11.4 Å². The van der Waals surface area contributed by atoms with Crippen LogP contribution >= 0.6 is 11.6 Å². The van der Waals surface area contributed by atoms with E-state index in [-0.39, 0.29) is 6.54 Å². The van der Waals surface area contributed by atoms with Crippen LogP contribution in [-0.4, -0.2) is 43.7 Å². The summed E-state index contributed by atoms with van der Waals surface area (Å²) in [6.45, 7) is 13.6. The number of methoxy groups -OCH3 is 1. The lowest BCUT2D eigenvalue weighted by Gasteiger charge is -2.32. The molecule has 0 unspecified atom stereocenters. The van der Waals surface area contributed by atoms with Gasteiger partial charge in [0.2, 0.25) is 0 Å². The van der Waals surface area contributed by atoms with E-state index < -0.39 is 30.0 Å². The fourth-order valence-corrected chi connectivity index (χ4v) is 2.92. The summed E-state index contributed by atoms with van der Waals surface area (Å²) in [5.41, 5.74) is -0.0500. The molecule has 0 atom stereocenters. The van der Waals surface area contributed by atoms with E-state index in [9.17, 15) is 4.79 Å². The van der Waals surface area contributed by atoms with Gasteiger partial charge in [-0.15, -0.1) is 0 Å². The zero-order valence-electron chi connectivity index (χ0n) is 18.5. The number of carbonyl (C=O) groups excluding carboxylic acids is 1. The van der Waals surface area contributed by atoms with E-state index in [1.165, 1.54) is 0 Å². The van der Waals surface area contributed by atoms with E-state index in [4.69, 9.17) is 30.4 Å². The molecule has 29 heavy (non-hydrogen) atoms. The lowest BCUT2D eigenvalue weighted by atomic mass is 9.77. The van der Waals surface area contributed by atoms with Gasteiger partial charge >= 0.3 is 13.2 Å². The minimum atomic E-state index is -0.625. The first-order valence-corrected chi connectivity index (χ1v) is 9.98. The quantitative estimate of drug-likeness (QED) is 0.683. The van der Waals surface area contributed by atoms with E-state index in [0.717, 1.165) is 11.0 Å². The molecule has 2 rings (SSSR count). The minimum absolute atomic E-state index is 0.195. The lowest BCUT2D eigenvalue weighted by molar-refractivity contribution is 0.00578. The molecule has 1 saturated heterocycles. The van der Waals surface area contributed by atoms with Crippen LogP contribution in [-0.2, 0) is 14.0 Å². The van der Waals surface area contributed by atoms with Crippen molar-refractivity contribution < 1.29 is 23.6 Å². The fourth-order valence-electron chi connectivity index (χ4n) is 2.68. The first-order valence-electron chi connectivity index (χ1n) is 9.60. The monoisotopic (exact) mass is 423 g/mol. The summed E-state index contributed by atoms with van der Waals surface area (Å²) in [5, 5.41) is 3.33. The largest absolute Gasteiger partial charge is 0.497 e. The summed E-state index contributed by atoms with van der Waals surface area (Å²) < 4.78 is 23.0. The number of carbonyl (C=O) groups is 1. The molecule has 160 valence electrons. The van der Waals surface area contributed by atoms with Crippen molar-refractivity contribution in [2.45, 2.75) is 65.3 Å². The molecular formula is C21H31BClNO5. The molecular weight excluding hydrogens is 392 g/mol. The molecule has 8 heteroatoms. The molecule has 0 aromatic heterocycles. The van der Waals surface area contributed by atoms with Gasteiger partial charge in [-0.05, 0) is 77.7 Å². The van der Waals surface area contributed by atoms with Crippen LogP contribution in [0.15, 0.2) is 23.7 Å². The van der Waals surface area contributed by atoms with Gasteiger partial charge in [-0.2, -0.15) is 0 Å². The van der Waals surface area contributed by atoms with Crippen molar-refractivity contribution in [3.63, 3.8) is 0 Å². The number of ether oxygens (including phenoxy) is 2. The molecule has 1 aromatic carbocycles. The summed E-state index contributed by atoms with van der Waals surface area (Å²) >= 11 is 6.20. The maximum Gasteiger partial charge on any atom is 0.492 e. The molecule has 0 aliphatic carbocycles. The summed E-state index contributed by atoms with van der Waals surface area (Å²) in [5.74, 6) is 0.636. The van der Waals surface area contributed by atoms with Crippen LogP contribution < -0.4 is 10.1 Å². The number of nitrogens with one attached hydrogen (secondary N) is 1. The molecule has 1 heterocycles. The topological polar surface area (TPSA) is 66.0 Å². The Bertz CT molecular complexity index is 770. The standard InChI is InChI=1S/C21H31BClNO5/c1-19(2,3)27-18(25)24-13-15(22-28-20(4,5)21(6,7)29-22)9-14-10-16(23)12-17(11-14)26-8/h9-12H,13H2,1-8H3,(H,24,25). The number of alkyl carbamates (subject to hydrolysis) is 1. The molecule has 1 fully saturated rings. The Morgan fingerprint density at radius 3 is 2.28 bits per heavy atom. The van der Waals surface area contributed by atoms with Crippen molar-refractivity contribution in [3.05, 3.63) is 34.3 Å². The predicted molar refractivity (Wildman–Crippen MR) is 116 cm³/mol. The molecule has 1 aliphatic heterocycles. The molecule has 1 amide bonds. The smallest absolute Gasteiger partial charge is 0.492 e. The Morgan fingerprint density at radius 1 is 1.17 bits per heavy atom. The van der Waals surface area contributed by atoms with Crippen LogP contribution in [0.3, 0.4) is 0 Å². The number of benzene rings is 1. The van der Waals surface area contributed by atoms with Crippen molar-refractivity contribution in [1.82, 2.24) is 5.32 Å². The molecule has 1 aromatic rings. The Balaban J connectivity index is 2.31. The van der Waals surface area contributed by atoms with Crippen LogP contribution in [0.4, 0.5) is 4.79 Å². The van der Waals surface area contributed by atoms with Gasteiger partial charge in [0.05, 0.1) is 18.3 Å². The first kappa shape index (κ1) is 23.6. The van der Waals surface area contributed by atoms with Gasteiger partial charge in [0.15, 0.2) is 0 Å². The maximum atomic E-state index is 12.2.